The molecular formula is C25H31N3O3. The lowest BCUT2D eigenvalue weighted by Crippen LogP contribution is -2.38. The lowest BCUT2D eigenvalue weighted by atomic mass is 9.91. The van der Waals surface area contributed by atoms with Crippen LogP contribution in [0.4, 0.5) is 11.4 Å². The number of aromatic amines is 1. The zero-order chi connectivity index (χ0) is 22.0. The summed E-state index contributed by atoms with van der Waals surface area (Å²) in [5.41, 5.74) is 3.53. The summed E-state index contributed by atoms with van der Waals surface area (Å²) in [5.74, 6) is 2.67. The topological polar surface area (TPSA) is 66.6 Å². The molecule has 1 aliphatic rings. The van der Waals surface area contributed by atoms with Gasteiger partial charge in [-0.3, -0.25) is 4.79 Å². The molecule has 1 saturated heterocycles. The Morgan fingerprint density at radius 1 is 1.00 bits per heavy atom. The van der Waals surface area contributed by atoms with E-state index in [2.05, 4.69) is 53.3 Å². The number of ether oxygens (including phenoxy) is 2. The van der Waals surface area contributed by atoms with Gasteiger partial charge >= 0.3 is 0 Å². The molecule has 164 valence electrons. The van der Waals surface area contributed by atoms with Crippen molar-refractivity contribution in [3.8, 4) is 11.5 Å². The Hall–Kier alpha value is -3.15. The van der Waals surface area contributed by atoms with Crippen LogP contribution >= 0.6 is 0 Å². The molecule has 0 aliphatic carbocycles. The summed E-state index contributed by atoms with van der Waals surface area (Å²) in [5, 5.41) is 4.27. The Labute approximate surface area is 183 Å². The molecule has 4 rings (SSSR count). The number of anilines is 2. The van der Waals surface area contributed by atoms with Gasteiger partial charge in [0.1, 0.15) is 0 Å². The van der Waals surface area contributed by atoms with Crippen molar-refractivity contribution in [3.63, 3.8) is 0 Å². The Morgan fingerprint density at radius 3 is 2.29 bits per heavy atom. The molecular weight excluding hydrogens is 390 g/mol. The molecule has 0 unspecified atom stereocenters. The summed E-state index contributed by atoms with van der Waals surface area (Å²) >= 11 is 0. The molecule has 0 radical (unpaired) electrons. The van der Waals surface area contributed by atoms with Crippen LogP contribution in [-0.4, -0.2) is 32.3 Å². The molecule has 0 saturated carbocycles. The van der Waals surface area contributed by atoms with Crippen LogP contribution in [0.3, 0.4) is 0 Å². The van der Waals surface area contributed by atoms with E-state index in [1.165, 1.54) is 12.1 Å². The molecule has 1 fully saturated rings. The molecule has 2 N–H and O–H groups in total. The number of nitrogens with zero attached hydrogens (tertiary/aromatic N) is 1. The highest BCUT2D eigenvalue weighted by Gasteiger charge is 2.21. The predicted molar refractivity (Wildman–Crippen MR) is 127 cm³/mol. The smallest absolute Gasteiger partial charge is 0.253 e. The van der Waals surface area contributed by atoms with Crippen LogP contribution in [0, 0.1) is 11.8 Å². The van der Waals surface area contributed by atoms with Crippen molar-refractivity contribution >= 4 is 22.3 Å². The number of methoxy groups -OCH3 is 2. The Bertz CT molecular complexity index is 1100. The molecule has 2 heterocycles. The quantitative estimate of drug-likeness (QED) is 0.607. The van der Waals surface area contributed by atoms with E-state index >= 15 is 0 Å². The largest absolute Gasteiger partial charge is 0.493 e. The standard InChI is InChI=1S/C25H31N3O3/c1-16-9-17(2)15-28(14-16)21-7-5-20(6-8-21)26-13-19-10-18-11-23(30-3)24(31-4)12-22(18)27-25(19)29/h5-8,10-12,16-17,26H,9,13-15H2,1-4H3,(H,27,29)/t16-,17-/m1/s1. The van der Waals surface area contributed by atoms with Gasteiger partial charge in [0, 0.05) is 48.0 Å². The number of piperidine rings is 1. The molecule has 6 nitrogen and oxygen atoms in total. The maximum atomic E-state index is 12.6. The van der Waals surface area contributed by atoms with Gasteiger partial charge < -0.3 is 24.7 Å². The molecule has 6 heteroatoms. The lowest BCUT2D eigenvalue weighted by Gasteiger charge is -2.36. The van der Waals surface area contributed by atoms with Crippen molar-refractivity contribution in [2.24, 2.45) is 11.8 Å². The first kappa shape index (κ1) is 21.1. The van der Waals surface area contributed by atoms with Crippen molar-refractivity contribution in [3.05, 3.63) is 58.4 Å². The van der Waals surface area contributed by atoms with E-state index in [0.29, 0.717) is 23.6 Å². The average molecular weight is 422 g/mol. The summed E-state index contributed by atoms with van der Waals surface area (Å²) < 4.78 is 10.7. The van der Waals surface area contributed by atoms with E-state index in [1.807, 2.05) is 12.1 Å². The number of fused-ring (bicyclic) bond motifs is 1. The highest BCUT2D eigenvalue weighted by molar-refractivity contribution is 5.83. The fourth-order valence-corrected chi connectivity index (χ4v) is 4.57. The first-order valence-electron chi connectivity index (χ1n) is 10.8. The normalized spacial score (nSPS) is 18.8. The zero-order valence-corrected chi connectivity index (χ0v) is 18.7. The van der Waals surface area contributed by atoms with Crippen LogP contribution in [0.1, 0.15) is 25.8 Å². The summed E-state index contributed by atoms with van der Waals surface area (Å²) in [7, 11) is 3.19. The number of H-pyrrole nitrogens is 1. The fourth-order valence-electron chi connectivity index (χ4n) is 4.57. The van der Waals surface area contributed by atoms with Gasteiger partial charge in [0.2, 0.25) is 0 Å². The molecule has 2 atom stereocenters. The molecule has 31 heavy (non-hydrogen) atoms. The van der Waals surface area contributed by atoms with Crippen LogP contribution in [-0.2, 0) is 6.54 Å². The number of nitrogens with one attached hydrogen (secondary N) is 2. The van der Waals surface area contributed by atoms with Gasteiger partial charge in [0.25, 0.3) is 5.56 Å². The predicted octanol–water partition coefficient (Wildman–Crippen LogP) is 4.64. The summed E-state index contributed by atoms with van der Waals surface area (Å²) in [6.07, 6.45) is 1.30. The van der Waals surface area contributed by atoms with Crippen LogP contribution in [0.25, 0.3) is 10.9 Å². The van der Waals surface area contributed by atoms with Crippen molar-refractivity contribution in [2.75, 3.05) is 37.5 Å². The van der Waals surface area contributed by atoms with E-state index in [-0.39, 0.29) is 5.56 Å². The van der Waals surface area contributed by atoms with E-state index in [9.17, 15) is 4.79 Å². The minimum atomic E-state index is -0.111. The second-order valence-electron chi connectivity index (χ2n) is 8.67. The van der Waals surface area contributed by atoms with E-state index in [0.717, 1.165) is 41.5 Å². The summed E-state index contributed by atoms with van der Waals surface area (Å²) in [6.45, 7) is 7.31. The van der Waals surface area contributed by atoms with Gasteiger partial charge in [-0.15, -0.1) is 0 Å². The SMILES string of the molecule is COc1cc2cc(CNc3ccc(N4C[C@H](C)C[C@@H](C)C4)cc3)c(=O)[nH]c2cc1OC. The number of aromatic nitrogens is 1. The van der Waals surface area contributed by atoms with Crippen LogP contribution in [0.2, 0.25) is 0 Å². The third-order valence-corrected chi connectivity index (χ3v) is 6.01. The van der Waals surface area contributed by atoms with Gasteiger partial charge in [-0.25, -0.2) is 0 Å². The minimum Gasteiger partial charge on any atom is -0.493 e. The molecule has 0 spiro atoms. The maximum absolute atomic E-state index is 12.6. The summed E-state index contributed by atoms with van der Waals surface area (Å²) in [6, 6.07) is 14.1. The van der Waals surface area contributed by atoms with E-state index in [4.69, 9.17) is 9.47 Å². The van der Waals surface area contributed by atoms with Crippen LogP contribution in [0.15, 0.2) is 47.3 Å². The lowest BCUT2D eigenvalue weighted by molar-refractivity contribution is 0.356. The number of hydrogen-bond donors (Lipinski definition) is 2. The average Bonchev–Trinajstić information content (AvgIpc) is 2.76. The van der Waals surface area contributed by atoms with Gasteiger partial charge in [0.05, 0.1) is 19.7 Å². The molecule has 3 aromatic rings. The third kappa shape index (κ3) is 4.63. The Kier molecular flexibility index (Phi) is 6.07. The highest BCUT2D eigenvalue weighted by Crippen LogP contribution is 2.31. The molecule has 1 aliphatic heterocycles. The van der Waals surface area contributed by atoms with Gasteiger partial charge in [-0.05, 0) is 54.7 Å². The third-order valence-electron chi connectivity index (χ3n) is 6.01. The first-order chi connectivity index (χ1) is 15.0. The van der Waals surface area contributed by atoms with Gasteiger partial charge in [0.15, 0.2) is 11.5 Å². The second kappa shape index (κ2) is 8.92. The van der Waals surface area contributed by atoms with Crippen molar-refractivity contribution in [1.82, 2.24) is 4.98 Å². The zero-order valence-electron chi connectivity index (χ0n) is 18.7. The van der Waals surface area contributed by atoms with Gasteiger partial charge in [-0.2, -0.15) is 0 Å². The Balaban J connectivity index is 1.48. The second-order valence-corrected chi connectivity index (χ2v) is 8.67. The molecule has 0 amide bonds. The van der Waals surface area contributed by atoms with Crippen LogP contribution in [0.5, 0.6) is 11.5 Å². The molecule has 0 bridgehead atoms. The number of benzene rings is 2. The van der Waals surface area contributed by atoms with Crippen molar-refractivity contribution in [2.45, 2.75) is 26.8 Å². The summed E-state index contributed by atoms with van der Waals surface area (Å²) in [4.78, 5) is 18.0. The molecule has 1 aromatic heterocycles. The maximum Gasteiger partial charge on any atom is 0.253 e. The monoisotopic (exact) mass is 421 g/mol. The number of pyridine rings is 1. The van der Waals surface area contributed by atoms with Gasteiger partial charge in [-0.1, -0.05) is 13.8 Å². The van der Waals surface area contributed by atoms with Crippen molar-refractivity contribution in [1.29, 1.82) is 0 Å². The number of rotatable bonds is 6. The van der Waals surface area contributed by atoms with E-state index in [1.54, 1.807) is 20.3 Å². The van der Waals surface area contributed by atoms with Crippen molar-refractivity contribution < 1.29 is 9.47 Å². The molecule has 2 aromatic carbocycles. The minimum absolute atomic E-state index is 0.111. The Morgan fingerprint density at radius 2 is 1.65 bits per heavy atom. The number of hydrogen-bond acceptors (Lipinski definition) is 5. The van der Waals surface area contributed by atoms with E-state index < -0.39 is 0 Å². The fraction of sp³-hybridized carbons (Fsp3) is 0.400. The van der Waals surface area contributed by atoms with Crippen LogP contribution < -0.4 is 25.2 Å². The first-order valence-corrected chi connectivity index (χ1v) is 10.8. The highest BCUT2D eigenvalue weighted by atomic mass is 16.5.